The summed E-state index contributed by atoms with van der Waals surface area (Å²) in [6, 6.07) is 0. The second-order valence-electron chi connectivity index (χ2n) is 5.51. The number of rotatable bonds is 1. The van der Waals surface area contributed by atoms with Crippen molar-refractivity contribution in [1.29, 1.82) is 0 Å². The van der Waals surface area contributed by atoms with E-state index in [2.05, 4.69) is 11.9 Å². The largest absolute Gasteiger partial charge is 0.367 e. The Morgan fingerprint density at radius 1 is 1.11 bits per heavy atom. The number of fused-ring (bicyclic) bond motifs is 1. The average Bonchev–Trinajstić information content (AvgIpc) is 2.39. The molecule has 0 bridgehead atoms. The van der Waals surface area contributed by atoms with Crippen LogP contribution in [0, 0.1) is 0 Å². The van der Waals surface area contributed by atoms with Gasteiger partial charge in [0.05, 0.1) is 0 Å². The second kappa shape index (κ2) is 4.78. The molecule has 0 amide bonds. The van der Waals surface area contributed by atoms with Gasteiger partial charge in [-0.2, -0.15) is 0 Å². The van der Waals surface area contributed by atoms with Gasteiger partial charge in [-0.05, 0) is 51.9 Å². The van der Waals surface area contributed by atoms with Gasteiger partial charge in [0, 0.05) is 17.9 Å². The minimum atomic E-state index is -0.339. The molecule has 0 radical (unpaired) electrons. The van der Waals surface area contributed by atoms with E-state index in [1.54, 1.807) is 0 Å². The fraction of sp³-hybridized carbons (Fsp3) is 0.714. The number of hydrogen-bond acceptors (Lipinski definition) is 3. The maximum absolute atomic E-state index is 6.32. The third-order valence-corrected chi connectivity index (χ3v) is 4.39. The zero-order valence-corrected chi connectivity index (χ0v) is 11.6. The van der Waals surface area contributed by atoms with E-state index in [0.717, 1.165) is 49.4 Å². The van der Waals surface area contributed by atoms with Crippen molar-refractivity contribution in [2.24, 2.45) is 0 Å². The number of ether oxygens (including phenoxy) is 1. The Kier molecular flexibility index (Phi) is 3.29. The molecule has 0 aromatic carbocycles. The van der Waals surface area contributed by atoms with Gasteiger partial charge >= 0.3 is 0 Å². The van der Waals surface area contributed by atoms with Gasteiger partial charge in [-0.3, -0.25) is 0 Å². The number of halogens is 1. The first-order valence-electron chi connectivity index (χ1n) is 6.89. The Balaban J connectivity index is 1.99. The third kappa shape index (κ3) is 2.14. The summed E-state index contributed by atoms with van der Waals surface area (Å²) in [5.41, 5.74) is 1.96. The summed E-state index contributed by atoms with van der Waals surface area (Å²) >= 11 is 6.32. The highest BCUT2D eigenvalue weighted by molar-refractivity contribution is 6.30. The van der Waals surface area contributed by atoms with Crippen LogP contribution in [-0.4, -0.2) is 16.6 Å². The molecular weight excluding hydrogens is 248 g/mol. The highest BCUT2D eigenvalue weighted by Gasteiger charge is 2.34. The highest BCUT2D eigenvalue weighted by Crippen LogP contribution is 2.35. The van der Waals surface area contributed by atoms with Gasteiger partial charge in [-0.15, -0.1) is 0 Å². The van der Waals surface area contributed by atoms with Crippen LogP contribution in [0.15, 0.2) is 0 Å². The predicted molar refractivity (Wildman–Crippen MR) is 70.8 cm³/mol. The van der Waals surface area contributed by atoms with Crippen LogP contribution < -0.4 is 0 Å². The van der Waals surface area contributed by atoms with Crippen molar-refractivity contribution < 1.29 is 4.74 Å². The van der Waals surface area contributed by atoms with E-state index in [0.29, 0.717) is 5.15 Å². The van der Waals surface area contributed by atoms with Crippen LogP contribution in [0.1, 0.15) is 56.1 Å². The summed E-state index contributed by atoms with van der Waals surface area (Å²) in [7, 11) is 0. The fourth-order valence-electron chi connectivity index (χ4n) is 2.90. The summed E-state index contributed by atoms with van der Waals surface area (Å²) in [4.78, 5) is 9.26. The maximum Gasteiger partial charge on any atom is 0.161 e. The molecule has 1 saturated heterocycles. The van der Waals surface area contributed by atoms with Gasteiger partial charge in [0.25, 0.3) is 0 Å². The lowest BCUT2D eigenvalue weighted by Gasteiger charge is -2.33. The van der Waals surface area contributed by atoms with E-state index < -0.39 is 0 Å². The molecule has 0 spiro atoms. The van der Waals surface area contributed by atoms with Crippen molar-refractivity contribution in [3.8, 4) is 0 Å². The van der Waals surface area contributed by atoms with Crippen molar-refractivity contribution in [2.45, 2.75) is 57.5 Å². The molecule has 1 atom stereocenters. The lowest BCUT2D eigenvalue weighted by molar-refractivity contribution is -0.0762. The lowest BCUT2D eigenvalue weighted by Crippen LogP contribution is -2.33. The van der Waals surface area contributed by atoms with Crippen LogP contribution in [0.25, 0.3) is 0 Å². The molecular formula is C14H19ClN2O. The van der Waals surface area contributed by atoms with E-state index >= 15 is 0 Å². The molecule has 1 aliphatic heterocycles. The third-order valence-electron chi connectivity index (χ3n) is 4.07. The molecule has 1 aromatic heterocycles. The Labute approximate surface area is 113 Å². The minimum Gasteiger partial charge on any atom is -0.367 e. The zero-order chi connectivity index (χ0) is 12.6. The maximum atomic E-state index is 6.32. The van der Waals surface area contributed by atoms with Crippen LogP contribution in [0.2, 0.25) is 5.15 Å². The first-order chi connectivity index (χ1) is 8.69. The van der Waals surface area contributed by atoms with Gasteiger partial charge in [-0.1, -0.05) is 11.6 Å². The molecule has 1 unspecified atom stereocenters. The molecule has 0 saturated carbocycles. The molecule has 98 valence electrons. The quantitative estimate of drug-likeness (QED) is 0.731. The highest BCUT2D eigenvalue weighted by atomic mass is 35.5. The van der Waals surface area contributed by atoms with Crippen molar-refractivity contribution in [3.63, 3.8) is 0 Å². The Morgan fingerprint density at radius 3 is 2.72 bits per heavy atom. The molecule has 18 heavy (non-hydrogen) atoms. The first-order valence-corrected chi connectivity index (χ1v) is 7.26. The Hall–Kier alpha value is -0.670. The van der Waals surface area contributed by atoms with Gasteiger partial charge in [0.15, 0.2) is 5.82 Å². The molecule has 3 rings (SSSR count). The predicted octanol–water partition coefficient (Wildman–Crippen LogP) is 3.42. The molecule has 0 N–H and O–H groups in total. The summed E-state index contributed by atoms with van der Waals surface area (Å²) in [5.74, 6) is 0.785. The topological polar surface area (TPSA) is 35.0 Å². The summed E-state index contributed by atoms with van der Waals surface area (Å²) < 4.78 is 5.91. The Bertz CT molecular complexity index is 455. The smallest absolute Gasteiger partial charge is 0.161 e. The van der Waals surface area contributed by atoms with E-state index in [9.17, 15) is 0 Å². The standard InChI is InChI=1S/C14H19ClN2O/c1-14(8-4-5-9-18-14)13-16-11-7-3-2-6-10(11)12(15)17-13/h2-9H2,1H3. The van der Waals surface area contributed by atoms with E-state index in [1.165, 1.54) is 19.3 Å². The van der Waals surface area contributed by atoms with Gasteiger partial charge in [0.1, 0.15) is 10.8 Å². The molecule has 1 fully saturated rings. The van der Waals surface area contributed by atoms with Crippen LogP contribution in [0.5, 0.6) is 0 Å². The zero-order valence-electron chi connectivity index (χ0n) is 10.8. The molecule has 1 aromatic rings. The fourth-order valence-corrected chi connectivity index (χ4v) is 3.18. The number of nitrogens with zero attached hydrogens (tertiary/aromatic N) is 2. The van der Waals surface area contributed by atoms with Gasteiger partial charge in [-0.25, -0.2) is 9.97 Å². The molecule has 2 aliphatic rings. The lowest BCUT2D eigenvalue weighted by atomic mass is 9.93. The number of aromatic nitrogens is 2. The molecule has 4 heteroatoms. The SMILES string of the molecule is CC1(c2nc(Cl)c3c(n2)CCCC3)CCCCO1. The van der Waals surface area contributed by atoms with Crippen molar-refractivity contribution in [1.82, 2.24) is 9.97 Å². The minimum absolute atomic E-state index is 0.339. The normalized spacial score (nSPS) is 27.9. The van der Waals surface area contributed by atoms with Crippen LogP contribution in [0.3, 0.4) is 0 Å². The van der Waals surface area contributed by atoms with E-state index in [-0.39, 0.29) is 5.60 Å². The average molecular weight is 267 g/mol. The summed E-state index contributed by atoms with van der Waals surface area (Å²) in [6.07, 6.45) is 7.75. The molecule has 2 heterocycles. The monoisotopic (exact) mass is 266 g/mol. The van der Waals surface area contributed by atoms with E-state index in [1.807, 2.05) is 0 Å². The van der Waals surface area contributed by atoms with Crippen LogP contribution in [-0.2, 0) is 23.2 Å². The summed E-state index contributed by atoms with van der Waals surface area (Å²) in [5, 5.41) is 0.644. The van der Waals surface area contributed by atoms with Gasteiger partial charge < -0.3 is 4.74 Å². The molecule has 3 nitrogen and oxygen atoms in total. The first kappa shape index (κ1) is 12.4. The van der Waals surface area contributed by atoms with Crippen molar-refractivity contribution in [2.75, 3.05) is 6.61 Å². The van der Waals surface area contributed by atoms with Crippen molar-refractivity contribution in [3.05, 3.63) is 22.2 Å². The molecule has 1 aliphatic carbocycles. The number of hydrogen-bond donors (Lipinski definition) is 0. The van der Waals surface area contributed by atoms with Gasteiger partial charge in [0.2, 0.25) is 0 Å². The van der Waals surface area contributed by atoms with Crippen LogP contribution >= 0.6 is 11.6 Å². The summed E-state index contributed by atoms with van der Waals surface area (Å²) in [6.45, 7) is 2.89. The second-order valence-corrected chi connectivity index (χ2v) is 5.86. The Morgan fingerprint density at radius 2 is 1.94 bits per heavy atom. The van der Waals surface area contributed by atoms with Crippen LogP contribution in [0.4, 0.5) is 0 Å². The van der Waals surface area contributed by atoms with Crippen molar-refractivity contribution >= 4 is 11.6 Å². The van der Waals surface area contributed by atoms with E-state index in [4.69, 9.17) is 21.3 Å². The number of aryl methyl sites for hydroxylation is 1.